The molecule has 6 unspecified atom stereocenters. The van der Waals surface area contributed by atoms with Crippen molar-refractivity contribution >= 4 is 47.5 Å². The Hall–Kier alpha value is -1.87. The number of rotatable bonds is 7. The van der Waals surface area contributed by atoms with Crippen LogP contribution < -0.4 is 11.1 Å². The molecule has 2 aromatic carbocycles. The second-order valence-corrected chi connectivity index (χ2v) is 12.8. The zero-order valence-corrected chi connectivity index (χ0v) is 26.4. The Kier molecular flexibility index (Phi) is 16.2. The summed E-state index contributed by atoms with van der Waals surface area (Å²) in [4.78, 5) is 22.5. The Morgan fingerprint density at radius 2 is 1.16 bits per heavy atom. The van der Waals surface area contributed by atoms with Gasteiger partial charge >= 0.3 is 5.97 Å². The number of nitrogens with two attached hydrogens (primary N) is 1. The van der Waals surface area contributed by atoms with E-state index in [9.17, 15) is 19.8 Å². The second kappa shape index (κ2) is 17.7. The van der Waals surface area contributed by atoms with Gasteiger partial charge in [-0.15, -0.1) is 12.4 Å². The molecular weight excluding hydrogens is 623 g/mol. The molecule has 6 rings (SSSR count). The third-order valence-corrected chi connectivity index (χ3v) is 9.86. The Labute approximate surface area is 279 Å². The average molecular weight is 674 g/mol. The Morgan fingerprint density at radius 3 is 1.52 bits per heavy atom. The summed E-state index contributed by atoms with van der Waals surface area (Å²) in [6.07, 6.45) is 5.74. The van der Waals surface area contributed by atoms with Gasteiger partial charge in [0, 0.05) is 27.7 Å². The van der Waals surface area contributed by atoms with Crippen molar-refractivity contribution in [2.24, 2.45) is 41.2 Å². The van der Waals surface area contributed by atoms with Crippen LogP contribution in [0.3, 0.4) is 0 Å². The largest absolute Gasteiger partial charge is 0.478 e. The SMILES string of the molecule is C.C.CCC(N)C1[C@H]2CC(O)C[C@@H]12.CCC(NC(=O)c1ccc(Cl)cc1)C1[C@H]2CC(O)C[C@@H]12.Cl.O=C(O)c1ccc(Cl)cc1. The summed E-state index contributed by atoms with van der Waals surface area (Å²) < 4.78 is 0. The monoisotopic (exact) mass is 672 g/mol. The minimum atomic E-state index is -0.934. The summed E-state index contributed by atoms with van der Waals surface area (Å²) in [5, 5.41) is 31.6. The molecule has 44 heavy (non-hydrogen) atoms. The molecule has 0 saturated heterocycles. The van der Waals surface area contributed by atoms with Crippen molar-refractivity contribution in [1.82, 2.24) is 5.32 Å². The van der Waals surface area contributed by atoms with E-state index in [0.29, 0.717) is 39.4 Å². The summed E-state index contributed by atoms with van der Waals surface area (Å²) >= 11 is 11.4. The number of carboxylic acid groups (broad SMARTS) is 1. The second-order valence-electron chi connectivity index (χ2n) is 11.9. The minimum absolute atomic E-state index is 0. The zero-order valence-electron chi connectivity index (χ0n) is 24.0. The summed E-state index contributed by atoms with van der Waals surface area (Å²) in [6, 6.07) is 13.6. The number of benzene rings is 2. The fourth-order valence-electron chi connectivity index (χ4n) is 7.15. The fraction of sp³-hybridized carbons (Fsp3) is 0.588. The summed E-state index contributed by atoms with van der Waals surface area (Å²) in [6.45, 7) is 4.26. The van der Waals surface area contributed by atoms with Crippen LogP contribution in [-0.2, 0) is 0 Å². The quantitative estimate of drug-likeness (QED) is 0.209. The van der Waals surface area contributed by atoms with E-state index in [2.05, 4.69) is 19.2 Å². The van der Waals surface area contributed by atoms with Crippen molar-refractivity contribution in [2.45, 2.75) is 91.5 Å². The zero-order chi connectivity index (χ0) is 29.8. The van der Waals surface area contributed by atoms with Crippen molar-refractivity contribution in [1.29, 1.82) is 0 Å². The number of hydrogen-bond donors (Lipinski definition) is 5. The molecular formula is C34H51Cl3N2O5. The molecule has 10 atom stereocenters. The van der Waals surface area contributed by atoms with Gasteiger partial charge in [-0.2, -0.15) is 0 Å². The topological polar surface area (TPSA) is 133 Å². The normalized spacial score (nSPS) is 29.5. The number of amides is 1. The molecule has 4 aliphatic rings. The summed E-state index contributed by atoms with van der Waals surface area (Å²) in [5.74, 6) is 3.12. The van der Waals surface area contributed by atoms with Gasteiger partial charge in [-0.25, -0.2) is 4.79 Å². The maximum absolute atomic E-state index is 12.2. The van der Waals surface area contributed by atoms with Crippen LogP contribution in [0.2, 0.25) is 10.0 Å². The van der Waals surface area contributed by atoms with Crippen molar-refractivity contribution in [3.05, 3.63) is 69.7 Å². The summed E-state index contributed by atoms with van der Waals surface area (Å²) in [5.41, 5.74) is 6.84. The van der Waals surface area contributed by atoms with Gasteiger partial charge in [-0.05, 0) is 123 Å². The van der Waals surface area contributed by atoms with E-state index in [1.807, 2.05) is 0 Å². The van der Waals surface area contributed by atoms with Crippen LogP contribution in [0.4, 0.5) is 0 Å². The lowest BCUT2D eigenvalue weighted by atomic mass is 10.0. The molecule has 0 aliphatic heterocycles. The lowest BCUT2D eigenvalue weighted by Crippen LogP contribution is -2.37. The van der Waals surface area contributed by atoms with E-state index in [-0.39, 0.29) is 57.0 Å². The van der Waals surface area contributed by atoms with Crippen LogP contribution in [0.1, 0.15) is 87.9 Å². The lowest BCUT2D eigenvalue weighted by Gasteiger charge is -2.20. The van der Waals surface area contributed by atoms with E-state index < -0.39 is 5.97 Å². The lowest BCUT2D eigenvalue weighted by molar-refractivity contribution is 0.0696. The molecule has 4 saturated carbocycles. The molecule has 248 valence electrons. The van der Waals surface area contributed by atoms with Crippen molar-refractivity contribution in [2.75, 3.05) is 0 Å². The van der Waals surface area contributed by atoms with Crippen molar-refractivity contribution in [3.63, 3.8) is 0 Å². The molecule has 0 spiro atoms. The van der Waals surface area contributed by atoms with E-state index in [1.54, 1.807) is 36.4 Å². The van der Waals surface area contributed by atoms with Gasteiger partial charge in [-0.1, -0.05) is 51.9 Å². The van der Waals surface area contributed by atoms with Crippen molar-refractivity contribution < 1.29 is 24.9 Å². The van der Waals surface area contributed by atoms with Gasteiger partial charge < -0.3 is 26.4 Å². The number of aliphatic hydroxyl groups excluding tert-OH is 2. The number of carboxylic acids is 1. The van der Waals surface area contributed by atoms with Crippen LogP contribution in [0.25, 0.3) is 0 Å². The Balaban J connectivity index is 0.000000346. The summed E-state index contributed by atoms with van der Waals surface area (Å²) in [7, 11) is 0. The molecule has 0 aromatic heterocycles. The molecule has 7 nitrogen and oxygen atoms in total. The molecule has 10 heteroatoms. The number of carbonyl (C=O) groups is 2. The van der Waals surface area contributed by atoms with E-state index in [1.165, 1.54) is 12.1 Å². The maximum atomic E-state index is 12.2. The Bertz CT molecular complexity index is 1160. The molecule has 0 radical (unpaired) electrons. The standard InChI is InChI=1S/C16H20ClNO2.C9H17NO.C7H5ClO2.2CH4.ClH/c1-2-14(15-12-7-11(19)8-13(12)15)18-16(20)9-3-5-10(17)6-4-9;1-2-8(10)9-6-3-5(11)4-7(6)9;8-6-3-1-5(2-4-6)7(9)10;;;/h3-6,11-15,19H,2,7-8H2,1H3,(H,18,20);5-9,11H,2-4,10H2,1H3;1-4H,(H,9,10);2*1H4;1H/t11?,12-,13+,14?,15?;5?,6-,7+,8?,9?;;;;. The number of aromatic carboxylic acids is 1. The number of hydrogen-bond acceptors (Lipinski definition) is 5. The predicted molar refractivity (Wildman–Crippen MR) is 182 cm³/mol. The van der Waals surface area contributed by atoms with Crippen molar-refractivity contribution in [3.8, 4) is 0 Å². The minimum Gasteiger partial charge on any atom is -0.478 e. The van der Waals surface area contributed by atoms with Gasteiger partial charge in [0.05, 0.1) is 17.8 Å². The van der Waals surface area contributed by atoms with E-state index >= 15 is 0 Å². The van der Waals surface area contributed by atoms with Crippen LogP contribution >= 0.6 is 35.6 Å². The van der Waals surface area contributed by atoms with Gasteiger partial charge in [0.25, 0.3) is 5.91 Å². The van der Waals surface area contributed by atoms with Gasteiger partial charge in [0.15, 0.2) is 0 Å². The molecule has 0 heterocycles. The first-order valence-corrected chi connectivity index (χ1v) is 15.5. The molecule has 4 aliphatic carbocycles. The van der Waals surface area contributed by atoms with Crippen LogP contribution in [-0.4, -0.2) is 51.5 Å². The van der Waals surface area contributed by atoms with Gasteiger partial charge in [-0.3, -0.25) is 4.79 Å². The van der Waals surface area contributed by atoms with Gasteiger partial charge in [0.2, 0.25) is 0 Å². The third kappa shape index (κ3) is 10.1. The number of carbonyl (C=O) groups excluding carboxylic acids is 1. The first-order valence-electron chi connectivity index (χ1n) is 14.7. The van der Waals surface area contributed by atoms with E-state index in [4.69, 9.17) is 34.0 Å². The van der Waals surface area contributed by atoms with Crippen LogP contribution in [0.15, 0.2) is 48.5 Å². The number of halogens is 3. The predicted octanol–water partition coefficient (Wildman–Crippen LogP) is 7.34. The van der Waals surface area contributed by atoms with Crippen LogP contribution in [0, 0.1) is 35.5 Å². The molecule has 2 aromatic rings. The first kappa shape index (κ1) is 40.2. The third-order valence-electron chi connectivity index (χ3n) is 9.36. The molecule has 6 N–H and O–H groups in total. The number of aliphatic hydroxyl groups is 2. The smallest absolute Gasteiger partial charge is 0.335 e. The maximum Gasteiger partial charge on any atom is 0.335 e. The molecule has 4 fully saturated rings. The highest BCUT2D eigenvalue weighted by atomic mass is 35.5. The number of nitrogens with one attached hydrogen (secondary N) is 1. The van der Waals surface area contributed by atoms with E-state index in [0.717, 1.165) is 56.3 Å². The first-order chi connectivity index (χ1) is 19.5. The van der Waals surface area contributed by atoms with Gasteiger partial charge in [0.1, 0.15) is 0 Å². The highest BCUT2D eigenvalue weighted by molar-refractivity contribution is 6.31. The Morgan fingerprint density at radius 1 is 0.773 bits per heavy atom. The highest BCUT2D eigenvalue weighted by Gasteiger charge is 2.58. The van der Waals surface area contributed by atoms with Crippen LogP contribution in [0.5, 0.6) is 0 Å². The molecule has 1 amide bonds. The number of fused-ring (bicyclic) bond motifs is 2. The average Bonchev–Trinajstić information content (AvgIpc) is 3.68. The highest BCUT2D eigenvalue weighted by Crippen LogP contribution is 2.60. The molecule has 0 bridgehead atoms. The fourth-order valence-corrected chi connectivity index (χ4v) is 7.40.